The molecule has 4 N–H and O–H groups in total. The van der Waals surface area contributed by atoms with Crippen LogP contribution in [0.15, 0.2) is 17.3 Å². The number of hydrogen-bond donors (Lipinski definition) is 3. The van der Waals surface area contributed by atoms with Gasteiger partial charge in [0.25, 0.3) is 10.0 Å². The van der Waals surface area contributed by atoms with Gasteiger partial charge >= 0.3 is 0 Å². The van der Waals surface area contributed by atoms with Crippen molar-refractivity contribution in [3.8, 4) is 0 Å². The molecule has 1 aromatic heterocycles. The maximum atomic E-state index is 11.7. The predicted molar refractivity (Wildman–Crippen MR) is 65.8 cm³/mol. The molecule has 0 amide bonds. The van der Waals surface area contributed by atoms with E-state index in [2.05, 4.69) is 35.7 Å². The molecule has 1 aromatic rings. The minimum Gasteiger partial charge on any atom is -0.326 e. The first-order valence-corrected chi connectivity index (χ1v) is 6.94. The second kappa shape index (κ2) is 5.16. The number of nitrogens with two attached hydrogens (primary N) is 1. The summed E-state index contributed by atoms with van der Waals surface area (Å²) in [5.74, 6) is 0. The van der Waals surface area contributed by atoms with Crippen molar-refractivity contribution >= 4 is 10.0 Å². The van der Waals surface area contributed by atoms with Crippen LogP contribution < -0.4 is 10.5 Å². The second-order valence-corrected chi connectivity index (χ2v) is 7.03. The fraction of sp³-hybridized carbons (Fsp3) is 0.700. The molecule has 0 saturated heterocycles. The molecule has 1 rings (SSSR count). The Hall–Kier alpha value is -0.920. The van der Waals surface area contributed by atoms with E-state index in [4.69, 9.17) is 5.73 Å². The Balaban J connectivity index is 2.51. The zero-order chi connectivity index (χ0) is 13.1. The Kier molecular flexibility index (Phi) is 4.29. The number of H-pyrrole nitrogens is 1. The number of nitrogens with zero attached hydrogens (tertiary/aromatic N) is 1. The van der Waals surface area contributed by atoms with Crippen molar-refractivity contribution in [1.82, 2.24) is 14.9 Å². The Morgan fingerprint density at radius 1 is 1.53 bits per heavy atom. The highest BCUT2D eigenvalue weighted by atomic mass is 32.2. The van der Waals surface area contributed by atoms with Gasteiger partial charge in [-0.25, -0.2) is 13.1 Å². The molecule has 0 saturated carbocycles. The molecular weight excluding hydrogens is 240 g/mol. The maximum absolute atomic E-state index is 11.7. The van der Waals surface area contributed by atoms with Gasteiger partial charge in [0.1, 0.15) is 0 Å². The number of aromatic nitrogens is 2. The van der Waals surface area contributed by atoms with Gasteiger partial charge in [-0.2, -0.15) is 5.10 Å². The van der Waals surface area contributed by atoms with E-state index in [1.807, 2.05) is 0 Å². The molecule has 1 unspecified atom stereocenters. The van der Waals surface area contributed by atoms with Crippen LogP contribution in [0.25, 0.3) is 0 Å². The third-order valence-electron chi connectivity index (χ3n) is 2.17. The standard InChI is InChI=1S/C10H20N4O2S/c1-10(2,3)6-8(11)7-13-17(15,16)9-4-5-12-14-9/h4-5,8,13H,6-7,11H2,1-3H3,(H,12,14). The summed E-state index contributed by atoms with van der Waals surface area (Å²) in [6.45, 7) is 6.42. The lowest BCUT2D eigenvalue weighted by molar-refractivity contribution is 0.338. The molecule has 0 aromatic carbocycles. The van der Waals surface area contributed by atoms with Gasteiger partial charge in [-0.05, 0) is 17.9 Å². The minimum atomic E-state index is -3.52. The van der Waals surface area contributed by atoms with Crippen LogP contribution in [0.1, 0.15) is 27.2 Å². The highest BCUT2D eigenvalue weighted by molar-refractivity contribution is 7.89. The van der Waals surface area contributed by atoms with Crippen molar-refractivity contribution in [2.24, 2.45) is 11.1 Å². The first-order valence-electron chi connectivity index (χ1n) is 5.45. The van der Waals surface area contributed by atoms with Gasteiger partial charge in [0, 0.05) is 12.6 Å². The summed E-state index contributed by atoms with van der Waals surface area (Å²) in [6, 6.07) is 1.20. The van der Waals surface area contributed by atoms with Crippen LogP contribution in [-0.2, 0) is 10.0 Å². The largest absolute Gasteiger partial charge is 0.326 e. The smallest absolute Gasteiger partial charge is 0.257 e. The third-order valence-corrected chi connectivity index (χ3v) is 3.53. The first-order chi connectivity index (χ1) is 7.71. The lowest BCUT2D eigenvalue weighted by Crippen LogP contribution is -2.39. The van der Waals surface area contributed by atoms with Gasteiger partial charge in [-0.15, -0.1) is 0 Å². The van der Waals surface area contributed by atoms with Gasteiger partial charge in [0.05, 0.1) is 6.20 Å². The number of aromatic amines is 1. The SMILES string of the molecule is CC(C)(C)CC(N)CNS(=O)(=O)c1ccn[nH]1. The fourth-order valence-electron chi connectivity index (χ4n) is 1.55. The number of sulfonamides is 1. The molecule has 0 fully saturated rings. The van der Waals surface area contributed by atoms with E-state index in [0.29, 0.717) is 0 Å². The summed E-state index contributed by atoms with van der Waals surface area (Å²) in [5.41, 5.74) is 5.95. The third kappa shape index (κ3) is 4.84. The van der Waals surface area contributed by atoms with E-state index in [1.165, 1.54) is 12.3 Å². The average Bonchev–Trinajstić information content (AvgIpc) is 2.65. The number of hydrogen-bond acceptors (Lipinski definition) is 4. The summed E-state index contributed by atoms with van der Waals surface area (Å²) in [6.07, 6.45) is 2.14. The Morgan fingerprint density at radius 2 is 2.18 bits per heavy atom. The fourth-order valence-corrected chi connectivity index (χ4v) is 2.55. The van der Waals surface area contributed by atoms with Crippen molar-refractivity contribution in [2.45, 2.75) is 38.3 Å². The number of nitrogens with one attached hydrogen (secondary N) is 2. The normalized spacial score (nSPS) is 14.8. The average molecular weight is 260 g/mol. The Morgan fingerprint density at radius 3 is 2.65 bits per heavy atom. The molecular formula is C10H20N4O2S. The van der Waals surface area contributed by atoms with Crippen molar-refractivity contribution in [2.75, 3.05) is 6.54 Å². The van der Waals surface area contributed by atoms with Gasteiger partial charge in [-0.1, -0.05) is 20.8 Å². The highest BCUT2D eigenvalue weighted by Crippen LogP contribution is 2.19. The molecule has 17 heavy (non-hydrogen) atoms. The molecule has 98 valence electrons. The zero-order valence-corrected chi connectivity index (χ0v) is 11.2. The molecule has 7 heteroatoms. The lowest BCUT2D eigenvalue weighted by Gasteiger charge is -2.23. The molecule has 1 heterocycles. The molecule has 0 aliphatic carbocycles. The molecule has 1 atom stereocenters. The summed E-state index contributed by atoms with van der Waals surface area (Å²) in [4.78, 5) is 0. The van der Waals surface area contributed by atoms with E-state index in [9.17, 15) is 8.42 Å². The Labute approximate surface area is 102 Å². The second-order valence-electron chi connectivity index (χ2n) is 5.30. The van der Waals surface area contributed by atoms with Crippen molar-refractivity contribution < 1.29 is 8.42 Å². The predicted octanol–water partition coefficient (Wildman–Crippen LogP) is 0.452. The van der Waals surface area contributed by atoms with Crippen LogP contribution in [0, 0.1) is 5.41 Å². The van der Waals surface area contributed by atoms with Crippen LogP contribution in [0.2, 0.25) is 0 Å². The van der Waals surface area contributed by atoms with Crippen LogP contribution in [0.4, 0.5) is 0 Å². The Bertz CT molecular complexity index is 433. The first kappa shape index (κ1) is 14.1. The van der Waals surface area contributed by atoms with Gasteiger partial charge in [-0.3, -0.25) is 5.10 Å². The van der Waals surface area contributed by atoms with Gasteiger partial charge in [0.2, 0.25) is 0 Å². The van der Waals surface area contributed by atoms with Crippen molar-refractivity contribution in [3.63, 3.8) is 0 Å². The van der Waals surface area contributed by atoms with E-state index in [0.717, 1.165) is 6.42 Å². The molecule has 0 spiro atoms. The van der Waals surface area contributed by atoms with E-state index in [1.54, 1.807) is 0 Å². The van der Waals surface area contributed by atoms with E-state index < -0.39 is 10.0 Å². The van der Waals surface area contributed by atoms with E-state index in [-0.39, 0.29) is 23.0 Å². The molecule has 0 bridgehead atoms. The van der Waals surface area contributed by atoms with Crippen molar-refractivity contribution in [3.05, 3.63) is 12.3 Å². The molecule has 0 radical (unpaired) electrons. The lowest BCUT2D eigenvalue weighted by atomic mass is 9.88. The maximum Gasteiger partial charge on any atom is 0.257 e. The van der Waals surface area contributed by atoms with Crippen LogP contribution in [-0.4, -0.2) is 31.2 Å². The molecule has 0 aliphatic heterocycles. The topological polar surface area (TPSA) is 101 Å². The summed E-state index contributed by atoms with van der Waals surface area (Å²) < 4.78 is 25.9. The van der Waals surface area contributed by atoms with Gasteiger partial charge < -0.3 is 5.73 Å². The quantitative estimate of drug-likeness (QED) is 0.715. The van der Waals surface area contributed by atoms with Crippen molar-refractivity contribution in [1.29, 1.82) is 0 Å². The van der Waals surface area contributed by atoms with Crippen LogP contribution in [0.5, 0.6) is 0 Å². The van der Waals surface area contributed by atoms with Crippen LogP contribution >= 0.6 is 0 Å². The summed E-state index contributed by atoms with van der Waals surface area (Å²) in [7, 11) is -3.52. The molecule has 0 aliphatic rings. The number of rotatable bonds is 5. The van der Waals surface area contributed by atoms with Gasteiger partial charge in [0.15, 0.2) is 5.03 Å². The minimum absolute atomic E-state index is 0.0560. The summed E-state index contributed by atoms with van der Waals surface area (Å²) in [5, 5.41) is 6.06. The monoisotopic (exact) mass is 260 g/mol. The highest BCUT2D eigenvalue weighted by Gasteiger charge is 2.19. The summed E-state index contributed by atoms with van der Waals surface area (Å²) >= 11 is 0. The van der Waals surface area contributed by atoms with E-state index >= 15 is 0 Å². The molecule has 6 nitrogen and oxygen atoms in total. The zero-order valence-electron chi connectivity index (χ0n) is 10.4. The van der Waals surface area contributed by atoms with Crippen LogP contribution in [0.3, 0.4) is 0 Å².